The molecule has 1 aromatic heterocycles. The number of anilines is 3. The number of nitrogens with zero attached hydrogens (tertiary/aromatic N) is 1. The molecular formula is C21H21N5O3. The summed E-state index contributed by atoms with van der Waals surface area (Å²) in [5.74, 6) is -1.09. The zero-order valence-electron chi connectivity index (χ0n) is 16.3. The van der Waals surface area contributed by atoms with Gasteiger partial charge >= 0.3 is 0 Å². The van der Waals surface area contributed by atoms with Crippen molar-refractivity contribution in [1.29, 1.82) is 0 Å². The highest BCUT2D eigenvalue weighted by Crippen LogP contribution is 2.22. The van der Waals surface area contributed by atoms with E-state index in [1.165, 1.54) is 6.92 Å². The van der Waals surface area contributed by atoms with Crippen molar-refractivity contribution in [2.45, 2.75) is 20.8 Å². The molecule has 0 aliphatic rings. The average Bonchev–Trinajstić information content (AvgIpc) is 3.00. The minimum atomic E-state index is -0.440. The molecule has 148 valence electrons. The molecule has 0 radical (unpaired) electrons. The number of H-pyrrole nitrogens is 1. The summed E-state index contributed by atoms with van der Waals surface area (Å²) in [5, 5.41) is 15.1. The molecule has 8 heteroatoms. The first kappa shape index (κ1) is 19.8. The number of amides is 3. The molecule has 0 aliphatic heterocycles. The first-order chi connectivity index (χ1) is 13.9. The van der Waals surface area contributed by atoms with Crippen LogP contribution in [-0.4, -0.2) is 27.9 Å². The van der Waals surface area contributed by atoms with Crippen LogP contribution in [0, 0.1) is 13.8 Å². The number of benzene rings is 2. The van der Waals surface area contributed by atoms with Gasteiger partial charge in [-0.1, -0.05) is 24.3 Å². The summed E-state index contributed by atoms with van der Waals surface area (Å²) in [5.41, 5.74) is 3.35. The van der Waals surface area contributed by atoms with E-state index in [0.717, 1.165) is 5.69 Å². The summed E-state index contributed by atoms with van der Waals surface area (Å²) >= 11 is 0. The number of aryl methyl sites for hydroxylation is 2. The Hall–Kier alpha value is -3.94. The van der Waals surface area contributed by atoms with Crippen molar-refractivity contribution < 1.29 is 14.4 Å². The van der Waals surface area contributed by atoms with E-state index < -0.39 is 5.91 Å². The molecule has 0 spiro atoms. The number of rotatable bonds is 5. The molecule has 0 bridgehead atoms. The topological polar surface area (TPSA) is 116 Å². The number of hydrogen-bond acceptors (Lipinski definition) is 4. The van der Waals surface area contributed by atoms with Crippen LogP contribution in [0.1, 0.15) is 39.0 Å². The molecule has 0 atom stereocenters. The number of aromatic nitrogens is 2. The van der Waals surface area contributed by atoms with Crippen molar-refractivity contribution in [2.24, 2.45) is 0 Å². The molecule has 1 heterocycles. The molecule has 8 nitrogen and oxygen atoms in total. The SMILES string of the molecule is CC(=O)Nc1ccccc1C(=O)Nc1ccccc1C(=O)Nc1c(C)n[nH]c1C. The van der Waals surface area contributed by atoms with E-state index in [1.807, 2.05) is 6.92 Å². The standard InChI is InChI=1S/C21H21N5O3/c1-12-19(13(2)26-25-12)24-21(29)16-9-5-7-11-18(16)23-20(28)15-8-4-6-10-17(15)22-14(3)27/h4-11H,1-3H3,(H,22,27)(H,23,28)(H,24,29)(H,25,26). The first-order valence-electron chi connectivity index (χ1n) is 8.96. The van der Waals surface area contributed by atoms with Gasteiger partial charge in [0.15, 0.2) is 0 Å². The van der Waals surface area contributed by atoms with E-state index in [0.29, 0.717) is 33.9 Å². The van der Waals surface area contributed by atoms with Crippen LogP contribution in [0.5, 0.6) is 0 Å². The molecule has 3 amide bonds. The van der Waals surface area contributed by atoms with Crippen molar-refractivity contribution in [3.8, 4) is 0 Å². The van der Waals surface area contributed by atoms with E-state index in [1.54, 1.807) is 55.5 Å². The van der Waals surface area contributed by atoms with Crippen molar-refractivity contribution in [1.82, 2.24) is 10.2 Å². The number of aromatic amines is 1. The van der Waals surface area contributed by atoms with Crippen LogP contribution in [0.15, 0.2) is 48.5 Å². The van der Waals surface area contributed by atoms with Gasteiger partial charge in [-0.2, -0.15) is 5.10 Å². The van der Waals surface area contributed by atoms with Crippen LogP contribution in [0.25, 0.3) is 0 Å². The second kappa shape index (κ2) is 8.39. The fraction of sp³-hybridized carbons (Fsp3) is 0.143. The van der Waals surface area contributed by atoms with E-state index in [4.69, 9.17) is 0 Å². The normalized spacial score (nSPS) is 10.3. The Labute approximate surface area is 167 Å². The molecule has 0 saturated heterocycles. The highest BCUT2D eigenvalue weighted by Gasteiger charge is 2.18. The van der Waals surface area contributed by atoms with Crippen LogP contribution < -0.4 is 16.0 Å². The van der Waals surface area contributed by atoms with Gasteiger partial charge in [-0.05, 0) is 38.1 Å². The fourth-order valence-electron chi connectivity index (χ4n) is 2.88. The predicted molar refractivity (Wildman–Crippen MR) is 111 cm³/mol. The van der Waals surface area contributed by atoms with E-state index in [2.05, 4.69) is 26.1 Å². The molecule has 29 heavy (non-hydrogen) atoms. The van der Waals surface area contributed by atoms with Crippen LogP contribution in [0.3, 0.4) is 0 Å². The molecule has 3 aromatic rings. The van der Waals surface area contributed by atoms with E-state index in [9.17, 15) is 14.4 Å². The lowest BCUT2D eigenvalue weighted by Crippen LogP contribution is -2.20. The summed E-state index contributed by atoms with van der Waals surface area (Å²) in [6, 6.07) is 13.4. The third kappa shape index (κ3) is 4.49. The molecule has 4 N–H and O–H groups in total. The monoisotopic (exact) mass is 391 g/mol. The average molecular weight is 391 g/mol. The molecule has 0 fully saturated rings. The number of para-hydroxylation sites is 2. The van der Waals surface area contributed by atoms with Gasteiger partial charge in [0, 0.05) is 6.92 Å². The third-order valence-electron chi connectivity index (χ3n) is 4.27. The lowest BCUT2D eigenvalue weighted by molar-refractivity contribution is -0.114. The second-order valence-electron chi connectivity index (χ2n) is 6.49. The first-order valence-corrected chi connectivity index (χ1v) is 8.96. The Morgan fingerprint density at radius 3 is 1.83 bits per heavy atom. The van der Waals surface area contributed by atoms with Gasteiger partial charge in [0.2, 0.25) is 5.91 Å². The van der Waals surface area contributed by atoms with Gasteiger partial charge < -0.3 is 16.0 Å². The molecular weight excluding hydrogens is 370 g/mol. The van der Waals surface area contributed by atoms with Gasteiger partial charge in [0.1, 0.15) is 0 Å². The molecule has 0 saturated carbocycles. The van der Waals surface area contributed by atoms with Crippen LogP contribution in [0.2, 0.25) is 0 Å². The minimum absolute atomic E-state index is 0.282. The van der Waals surface area contributed by atoms with Gasteiger partial charge in [0.25, 0.3) is 11.8 Å². The quantitative estimate of drug-likeness (QED) is 0.533. The number of hydrogen-bond donors (Lipinski definition) is 4. The maximum Gasteiger partial charge on any atom is 0.257 e. The molecule has 0 aliphatic carbocycles. The van der Waals surface area contributed by atoms with Gasteiger partial charge in [-0.15, -0.1) is 0 Å². The van der Waals surface area contributed by atoms with Crippen molar-refractivity contribution >= 4 is 34.8 Å². The lowest BCUT2D eigenvalue weighted by atomic mass is 10.1. The van der Waals surface area contributed by atoms with Crippen molar-refractivity contribution in [2.75, 3.05) is 16.0 Å². The van der Waals surface area contributed by atoms with Crippen molar-refractivity contribution in [3.05, 3.63) is 71.0 Å². The van der Waals surface area contributed by atoms with Crippen LogP contribution in [-0.2, 0) is 4.79 Å². The van der Waals surface area contributed by atoms with Gasteiger partial charge in [-0.25, -0.2) is 0 Å². The summed E-state index contributed by atoms with van der Waals surface area (Å²) in [4.78, 5) is 37.0. The zero-order valence-corrected chi connectivity index (χ0v) is 16.3. The van der Waals surface area contributed by atoms with E-state index in [-0.39, 0.29) is 11.8 Å². The summed E-state index contributed by atoms with van der Waals surface area (Å²) in [6.07, 6.45) is 0. The van der Waals surface area contributed by atoms with Gasteiger partial charge in [-0.3, -0.25) is 19.5 Å². The highest BCUT2D eigenvalue weighted by molar-refractivity contribution is 6.14. The Morgan fingerprint density at radius 1 is 0.793 bits per heavy atom. The molecule has 3 rings (SSSR count). The number of carbonyl (C=O) groups is 3. The highest BCUT2D eigenvalue weighted by atomic mass is 16.2. The maximum absolute atomic E-state index is 12.8. The molecule has 0 unspecified atom stereocenters. The lowest BCUT2D eigenvalue weighted by Gasteiger charge is -2.13. The number of nitrogens with one attached hydrogen (secondary N) is 4. The molecule has 2 aromatic carbocycles. The van der Waals surface area contributed by atoms with Crippen LogP contribution >= 0.6 is 0 Å². The Balaban J connectivity index is 1.85. The third-order valence-corrected chi connectivity index (χ3v) is 4.27. The summed E-state index contributed by atoms with van der Waals surface area (Å²) < 4.78 is 0. The second-order valence-corrected chi connectivity index (χ2v) is 6.49. The summed E-state index contributed by atoms with van der Waals surface area (Å²) in [7, 11) is 0. The summed E-state index contributed by atoms with van der Waals surface area (Å²) in [6.45, 7) is 4.96. The zero-order chi connectivity index (χ0) is 21.0. The maximum atomic E-state index is 12.8. The van der Waals surface area contributed by atoms with Gasteiger partial charge in [0.05, 0.1) is 39.6 Å². The fourth-order valence-corrected chi connectivity index (χ4v) is 2.88. The Kier molecular flexibility index (Phi) is 5.73. The van der Waals surface area contributed by atoms with Crippen molar-refractivity contribution in [3.63, 3.8) is 0 Å². The predicted octanol–water partition coefficient (Wildman–Crippen LogP) is 3.49. The largest absolute Gasteiger partial charge is 0.326 e. The van der Waals surface area contributed by atoms with Crippen LogP contribution in [0.4, 0.5) is 17.1 Å². The minimum Gasteiger partial charge on any atom is -0.326 e. The van der Waals surface area contributed by atoms with E-state index >= 15 is 0 Å². The number of carbonyl (C=O) groups excluding carboxylic acids is 3. The Bertz CT molecular complexity index is 1070. The smallest absolute Gasteiger partial charge is 0.257 e. The Morgan fingerprint density at radius 2 is 1.31 bits per heavy atom.